The van der Waals surface area contributed by atoms with E-state index in [0.29, 0.717) is 23.9 Å². The van der Waals surface area contributed by atoms with Crippen molar-refractivity contribution >= 4 is 23.3 Å². The lowest BCUT2D eigenvalue weighted by Crippen LogP contribution is -2.09. The summed E-state index contributed by atoms with van der Waals surface area (Å²) in [6.07, 6.45) is 0.237. The fourth-order valence-electron chi connectivity index (χ4n) is 2.35. The van der Waals surface area contributed by atoms with Gasteiger partial charge >= 0.3 is 5.97 Å². The molecule has 0 aliphatic heterocycles. The second-order valence-corrected chi connectivity index (χ2v) is 5.55. The Hall–Kier alpha value is -2.01. The fraction of sp³-hybridized carbons (Fsp3) is 0.375. The van der Waals surface area contributed by atoms with Gasteiger partial charge in [0.15, 0.2) is 0 Å². The molecule has 0 spiro atoms. The number of aryl methyl sites for hydroxylation is 1. The topological polar surface area (TPSA) is 70.1 Å². The van der Waals surface area contributed by atoms with Gasteiger partial charge in [0.25, 0.3) is 0 Å². The molecule has 1 heterocycles. The number of hydrogen-bond acceptors (Lipinski definition) is 4. The number of carbonyl (C=O) groups is 1. The van der Waals surface area contributed by atoms with Crippen LogP contribution in [0.1, 0.15) is 29.4 Å². The zero-order valence-corrected chi connectivity index (χ0v) is 13.8. The zero-order valence-electron chi connectivity index (χ0n) is 13.0. The Morgan fingerprint density at radius 1 is 1.41 bits per heavy atom. The molecule has 0 bridgehead atoms. The molecule has 0 radical (unpaired) electrons. The normalized spacial score (nSPS) is 10.7. The molecule has 0 aliphatic carbocycles. The minimum Gasteiger partial charge on any atom is -0.466 e. The maximum atomic E-state index is 11.7. The number of anilines is 1. The molecule has 0 atom stereocenters. The van der Waals surface area contributed by atoms with E-state index in [0.717, 1.165) is 22.5 Å². The van der Waals surface area contributed by atoms with Gasteiger partial charge in [-0.15, -0.1) is 0 Å². The molecular weight excluding hydrogens is 302 g/mol. The van der Waals surface area contributed by atoms with Gasteiger partial charge in [0.05, 0.1) is 25.3 Å². The highest BCUT2D eigenvalue weighted by Crippen LogP contribution is 2.22. The van der Waals surface area contributed by atoms with E-state index in [2.05, 4.69) is 5.10 Å². The molecule has 1 aromatic heterocycles. The Morgan fingerprint density at radius 2 is 2.14 bits per heavy atom. The third kappa shape index (κ3) is 3.60. The average Bonchev–Trinajstić information content (AvgIpc) is 2.70. The van der Waals surface area contributed by atoms with Crippen molar-refractivity contribution in [3.8, 4) is 0 Å². The number of nitrogens with zero attached hydrogens (tertiary/aromatic N) is 2. The van der Waals surface area contributed by atoms with Gasteiger partial charge in [-0.1, -0.05) is 17.7 Å². The first-order chi connectivity index (χ1) is 10.4. The summed E-state index contributed by atoms with van der Waals surface area (Å²) in [5.74, 6) is -0.237. The number of esters is 1. The Kier molecular flexibility index (Phi) is 5.08. The first kappa shape index (κ1) is 16.4. The fourth-order valence-corrected chi connectivity index (χ4v) is 2.60. The van der Waals surface area contributed by atoms with Crippen LogP contribution in [0.5, 0.6) is 0 Å². The van der Waals surface area contributed by atoms with Gasteiger partial charge in [-0.25, -0.2) is 0 Å². The van der Waals surface area contributed by atoms with Crippen LogP contribution in [-0.2, 0) is 22.5 Å². The number of hydrogen-bond donors (Lipinski definition) is 1. The standard InChI is InChI=1S/C16H20ClN3O2/c1-4-22-16(21)8-14-10(2)19-20(11(14)3)9-12-5-6-13(18)7-15(12)17/h5-7H,4,8-9,18H2,1-3H3. The molecule has 6 heteroatoms. The van der Waals surface area contributed by atoms with E-state index in [4.69, 9.17) is 22.1 Å². The SMILES string of the molecule is CCOC(=O)Cc1c(C)nn(Cc2ccc(N)cc2Cl)c1C. The molecule has 5 nitrogen and oxygen atoms in total. The quantitative estimate of drug-likeness (QED) is 0.679. The van der Waals surface area contributed by atoms with Crippen molar-refractivity contribution in [2.45, 2.75) is 33.7 Å². The lowest BCUT2D eigenvalue weighted by Gasteiger charge is -2.08. The van der Waals surface area contributed by atoms with Crippen LogP contribution in [-0.4, -0.2) is 22.4 Å². The minimum absolute atomic E-state index is 0.237. The highest BCUT2D eigenvalue weighted by atomic mass is 35.5. The van der Waals surface area contributed by atoms with Crippen LogP contribution in [0.15, 0.2) is 18.2 Å². The molecule has 0 fully saturated rings. The molecule has 0 aliphatic rings. The summed E-state index contributed by atoms with van der Waals surface area (Å²) >= 11 is 6.21. The van der Waals surface area contributed by atoms with Gasteiger partial charge in [-0.3, -0.25) is 9.48 Å². The summed E-state index contributed by atoms with van der Waals surface area (Å²) in [4.78, 5) is 11.7. The molecule has 118 valence electrons. The number of halogens is 1. The minimum atomic E-state index is -0.237. The third-order valence-corrected chi connectivity index (χ3v) is 3.91. The van der Waals surface area contributed by atoms with Gasteiger partial charge in [0.2, 0.25) is 0 Å². The number of ether oxygens (including phenoxy) is 1. The van der Waals surface area contributed by atoms with Crippen molar-refractivity contribution in [3.05, 3.63) is 45.7 Å². The van der Waals surface area contributed by atoms with Crippen molar-refractivity contribution in [1.29, 1.82) is 0 Å². The van der Waals surface area contributed by atoms with E-state index in [1.165, 1.54) is 0 Å². The Labute approximate surface area is 135 Å². The predicted molar refractivity (Wildman–Crippen MR) is 87.0 cm³/mol. The second kappa shape index (κ2) is 6.83. The average molecular weight is 322 g/mol. The van der Waals surface area contributed by atoms with Crippen LogP contribution < -0.4 is 5.73 Å². The summed E-state index contributed by atoms with van der Waals surface area (Å²) in [6, 6.07) is 5.42. The molecule has 0 saturated heterocycles. The van der Waals surface area contributed by atoms with Crippen molar-refractivity contribution < 1.29 is 9.53 Å². The summed E-state index contributed by atoms with van der Waals surface area (Å²) in [7, 11) is 0. The van der Waals surface area contributed by atoms with Gasteiger partial charge < -0.3 is 10.5 Å². The van der Waals surface area contributed by atoms with Gasteiger partial charge in [-0.2, -0.15) is 5.10 Å². The summed E-state index contributed by atoms with van der Waals surface area (Å²) in [5, 5.41) is 5.11. The van der Waals surface area contributed by atoms with E-state index >= 15 is 0 Å². The predicted octanol–water partition coefficient (Wildman–Crippen LogP) is 2.89. The smallest absolute Gasteiger partial charge is 0.310 e. The monoisotopic (exact) mass is 321 g/mol. The maximum absolute atomic E-state index is 11.7. The van der Waals surface area contributed by atoms with Crippen LogP contribution in [0.2, 0.25) is 5.02 Å². The molecule has 2 N–H and O–H groups in total. The third-order valence-electron chi connectivity index (χ3n) is 3.56. The maximum Gasteiger partial charge on any atom is 0.310 e. The Bertz CT molecular complexity index is 695. The van der Waals surface area contributed by atoms with Crippen LogP contribution in [0.4, 0.5) is 5.69 Å². The van der Waals surface area contributed by atoms with Crippen molar-refractivity contribution in [2.75, 3.05) is 12.3 Å². The number of nitrogens with two attached hydrogens (primary N) is 1. The zero-order chi connectivity index (χ0) is 16.3. The molecule has 22 heavy (non-hydrogen) atoms. The van der Waals surface area contributed by atoms with E-state index in [1.807, 2.05) is 30.7 Å². The van der Waals surface area contributed by atoms with Crippen LogP contribution in [0.3, 0.4) is 0 Å². The lowest BCUT2D eigenvalue weighted by atomic mass is 10.1. The summed E-state index contributed by atoms with van der Waals surface area (Å²) in [6.45, 7) is 6.55. The summed E-state index contributed by atoms with van der Waals surface area (Å²) in [5.41, 5.74) is 9.95. The molecule has 1 aromatic carbocycles. The number of nitrogen functional groups attached to an aromatic ring is 1. The summed E-state index contributed by atoms with van der Waals surface area (Å²) < 4.78 is 6.85. The van der Waals surface area contributed by atoms with Crippen molar-refractivity contribution in [3.63, 3.8) is 0 Å². The number of aromatic nitrogens is 2. The van der Waals surface area contributed by atoms with E-state index in [1.54, 1.807) is 13.0 Å². The Balaban J connectivity index is 2.24. The first-order valence-electron chi connectivity index (χ1n) is 7.14. The lowest BCUT2D eigenvalue weighted by molar-refractivity contribution is -0.142. The second-order valence-electron chi connectivity index (χ2n) is 5.14. The molecular formula is C16H20ClN3O2. The van der Waals surface area contributed by atoms with Gasteiger partial charge in [0, 0.05) is 22.0 Å². The molecule has 2 rings (SSSR count). The number of rotatable bonds is 5. The Morgan fingerprint density at radius 3 is 2.77 bits per heavy atom. The number of benzene rings is 1. The highest BCUT2D eigenvalue weighted by Gasteiger charge is 2.16. The number of carbonyl (C=O) groups excluding carboxylic acids is 1. The van der Waals surface area contributed by atoms with E-state index < -0.39 is 0 Å². The van der Waals surface area contributed by atoms with Gasteiger partial charge in [0.1, 0.15) is 0 Å². The largest absolute Gasteiger partial charge is 0.466 e. The van der Waals surface area contributed by atoms with Crippen molar-refractivity contribution in [2.24, 2.45) is 0 Å². The molecule has 0 amide bonds. The van der Waals surface area contributed by atoms with E-state index in [9.17, 15) is 4.79 Å². The van der Waals surface area contributed by atoms with Gasteiger partial charge in [-0.05, 0) is 38.5 Å². The molecule has 0 saturated carbocycles. The van der Waals surface area contributed by atoms with Crippen LogP contribution in [0, 0.1) is 13.8 Å². The van der Waals surface area contributed by atoms with E-state index in [-0.39, 0.29) is 12.4 Å². The van der Waals surface area contributed by atoms with Crippen molar-refractivity contribution in [1.82, 2.24) is 9.78 Å². The molecule has 2 aromatic rings. The van der Waals surface area contributed by atoms with Crippen LogP contribution in [0.25, 0.3) is 0 Å². The molecule has 0 unspecified atom stereocenters. The first-order valence-corrected chi connectivity index (χ1v) is 7.52. The highest BCUT2D eigenvalue weighted by molar-refractivity contribution is 6.31. The van der Waals surface area contributed by atoms with Crippen LogP contribution >= 0.6 is 11.6 Å².